The molecule has 0 spiro atoms. The molecule has 108 valence electrons. The second-order valence-corrected chi connectivity index (χ2v) is 6.54. The van der Waals surface area contributed by atoms with E-state index in [-0.39, 0.29) is 5.91 Å². The van der Waals surface area contributed by atoms with Crippen LogP contribution >= 0.6 is 22.7 Å². The molecule has 7 heteroatoms. The smallest absolute Gasteiger partial charge is 0.284 e. The van der Waals surface area contributed by atoms with E-state index in [1.165, 1.54) is 33.9 Å². The normalized spacial score (nSPS) is 16.7. The summed E-state index contributed by atoms with van der Waals surface area (Å²) in [5.74, 6) is -0.245. The van der Waals surface area contributed by atoms with E-state index in [2.05, 4.69) is 10.1 Å². The summed E-state index contributed by atoms with van der Waals surface area (Å²) in [6, 6.07) is 11.6. The number of carbonyl (C=O) groups is 1. The van der Waals surface area contributed by atoms with Crippen LogP contribution in [0.2, 0.25) is 0 Å². The van der Waals surface area contributed by atoms with E-state index in [1.807, 2.05) is 41.8 Å². The molecule has 1 aliphatic heterocycles. The van der Waals surface area contributed by atoms with Crippen molar-refractivity contribution in [3.8, 4) is 0 Å². The third-order valence-electron chi connectivity index (χ3n) is 3.26. The summed E-state index contributed by atoms with van der Waals surface area (Å²) >= 11 is 2.95. The summed E-state index contributed by atoms with van der Waals surface area (Å²) in [7, 11) is 0. The van der Waals surface area contributed by atoms with Gasteiger partial charge in [0.25, 0.3) is 5.91 Å². The maximum atomic E-state index is 12.6. The van der Waals surface area contributed by atoms with Gasteiger partial charge < -0.3 is 5.73 Å². The summed E-state index contributed by atoms with van der Waals surface area (Å²) in [5, 5.41) is 8.27. The van der Waals surface area contributed by atoms with E-state index >= 15 is 0 Å². The highest BCUT2D eigenvalue weighted by Crippen LogP contribution is 2.33. The Kier molecular flexibility index (Phi) is 3.02. The highest BCUT2D eigenvalue weighted by atomic mass is 32.1. The lowest BCUT2D eigenvalue weighted by molar-refractivity contribution is -0.114. The zero-order chi connectivity index (χ0) is 15.1. The number of para-hydroxylation sites is 1. The van der Waals surface area contributed by atoms with Gasteiger partial charge in [0.05, 0.1) is 20.7 Å². The molecule has 1 aliphatic rings. The third kappa shape index (κ3) is 1.94. The van der Waals surface area contributed by atoms with Gasteiger partial charge >= 0.3 is 0 Å². The van der Waals surface area contributed by atoms with Crippen LogP contribution in [-0.2, 0) is 4.79 Å². The summed E-state index contributed by atoms with van der Waals surface area (Å²) in [4.78, 5) is 17.9. The van der Waals surface area contributed by atoms with E-state index in [1.54, 1.807) is 0 Å². The Bertz CT molecular complexity index is 891. The Hall–Kier alpha value is -2.51. The number of fused-ring (bicyclic) bond motifs is 1. The molecular formula is C15H10N4OS2. The van der Waals surface area contributed by atoms with E-state index in [9.17, 15) is 4.79 Å². The number of hydrogen-bond donors (Lipinski definition) is 1. The first-order valence-corrected chi connectivity index (χ1v) is 8.22. The van der Waals surface area contributed by atoms with Crippen molar-refractivity contribution in [3.05, 3.63) is 58.4 Å². The summed E-state index contributed by atoms with van der Waals surface area (Å²) in [6.45, 7) is 0. The first-order chi connectivity index (χ1) is 10.8. The first kappa shape index (κ1) is 13.2. The molecule has 22 heavy (non-hydrogen) atoms. The molecule has 0 saturated carbocycles. The number of aromatic nitrogens is 1. The van der Waals surface area contributed by atoms with Gasteiger partial charge in [0.1, 0.15) is 5.71 Å². The fourth-order valence-corrected chi connectivity index (χ4v) is 3.88. The van der Waals surface area contributed by atoms with Gasteiger partial charge in [-0.1, -0.05) is 29.5 Å². The standard InChI is InChI=1S/C15H10N4OS2/c16-8-9-13(12-6-3-7-21-12)18-19(14(9)20)15-17-10-4-1-2-5-11(10)22-15/h1-8H,16H2/b9-8+. The highest BCUT2D eigenvalue weighted by molar-refractivity contribution is 7.22. The van der Waals surface area contributed by atoms with Crippen LogP contribution in [0.5, 0.6) is 0 Å². The van der Waals surface area contributed by atoms with E-state index < -0.39 is 0 Å². The lowest BCUT2D eigenvalue weighted by atomic mass is 10.1. The molecule has 0 saturated heterocycles. The van der Waals surface area contributed by atoms with Crippen molar-refractivity contribution in [3.63, 3.8) is 0 Å². The van der Waals surface area contributed by atoms with Gasteiger partial charge in [0.2, 0.25) is 5.13 Å². The van der Waals surface area contributed by atoms with Crippen LogP contribution in [0.4, 0.5) is 5.13 Å². The molecular weight excluding hydrogens is 316 g/mol. The molecule has 0 bridgehead atoms. The van der Waals surface area contributed by atoms with E-state index in [0.717, 1.165) is 15.1 Å². The number of carbonyl (C=O) groups excluding carboxylic acids is 1. The Balaban J connectivity index is 1.83. The molecule has 4 rings (SSSR count). The molecule has 5 nitrogen and oxygen atoms in total. The van der Waals surface area contributed by atoms with Gasteiger partial charge in [-0.3, -0.25) is 4.79 Å². The van der Waals surface area contributed by atoms with Crippen LogP contribution in [-0.4, -0.2) is 16.6 Å². The van der Waals surface area contributed by atoms with E-state index in [0.29, 0.717) is 16.4 Å². The fraction of sp³-hybridized carbons (Fsp3) is 0. The molecule has 2 N–H and O–H groups in total. The van der Waals surface area contributed by atoms with Gasteiger partial charge in [-0.2, -0.15) is 10.1 Å². The van der Waals surface area contributed by atoms with E-state index in [4.69, 9.17) is 5.73 Å². The molecule has 1 aromatic carbocycles. The SMILES string of the molecule is N/C=C1/C(=O)N(c2nc3ccccc3s2)N=C1c1cccs1. The second kappa shape index (κ2) is 5.04. The van der Waals surface area contributed by atoms with Crippen molar-refractivity contribution in [2.45, 2.75) is 0 Å². The molecule has 1 amide bonds. The Labute approximate surface area is 134 Å². The summed E-state index contributed by atoms with van der Waals surface area (Å²) < 4.78 is 1.02. The number of amides is 1. The quantitative estimate of drug-likeness (QED) is 0.736. The molecule has 3 aromatic rings. The molecule has 2 aromatic heterocycles. The van der Waals surface area contributed by atoms with Crippen LogP contribution in [0.25, 0.3) is 10.2 Å². The van der Waals surface area contributed by atoms with Crippen molar-refractivity contribution in [1.29, 1.82) is 0 Å². The average Bonchev–Trinajstić information content (AvgIpc) is 3.24. The minimum Gasteiger partial charge on any atom is -0.404 e. The second-order valence-electron chi connectivity index (χ2n) is 4.59. The van der Waals surface area contributed by atoms with Gasteiger partial charge in [-0.15, -0.1) is 11.3 Å². The molecule has 0 fully saturated rings. The number of hydrogen-bond acceptors (Lipinski definition) is 6. The lowest BCUT2D eigenvalue weighted by Crippen LogP contribution is -2.21. The minimum atomic E-state index is -0.245. The number of anilines is 1. The molecule has 3 heterocycles. The maximum absolute atomic E-state index is 12.6. The van der Waals surface area contributed by atoms with Crippen molar-refractivity contribution < 1.29 is 4.79 Å². The van der Waals surface area contributed by atoms with Gasteiger partial charge in [-0.25, -0.2) is 4.98 Å². The predicted molar refractivity (Wildman–Crippen MR) is 90.2 cm³/mol. The highest BCUT2D eigenvalue weighted by Gasteiger charge is 2.34. The number of thiophene rings is 1. The van der Waals surface area contributed by atoms with Crippen molar-refractivity contribution >= 4 is 49.6 Å². The number of nitrogens with zero attached hydrogens (tertiary/aromatic N) is 3. The first-order valence-electron chi connectivity index (χ1n) is 6.52. The number of thiazole rings is 1. The molecule has 0 radical (unpaired) electrons. The van der Waals surface area contributed by atoms with Gasteiger partial charge in [0, 0.05) is 6.20 Å². The maximum Gasteiger partial charge on any atom is 0.284 e. The summed E-state index contributed by atoms with van der Waals surface area (Å²) in [5.41, 5.74) is 7.49. The van der Waals surface area contributed by atoms with Crippen LogP contribution in [0.3, 0.4) is 0 Å². The Morgan fingerprint density at radius 2 is 2.05 bits per heavy atom. The Morgan fingerprint density at radius 3 is 2.77 bits per heavy atom. The largest absolute Gasteiger partial charge is 0.404 e. The van der Waals surface area contributed by atoms with Crippen molar-refractivity contribution in [2.75, 3.05) is 5.01 Å². The molecule has 0 atom stereocenters. The third-order valence-corrected chi connectivity index (χ3v) is 5.15. The zero-order valence-corrected chi connectivity index (χ0v) is 12.9. The van der Waals surface area contributed by atoms with Crippen LogP contribution in [0, 0.1) is 0 Å². The van der Waals surface area contributed by atoms with Crippen molar-refractivity contribution in [1.82, 2.24) is 4.98 Å². The van der Waals surface area contributed by atoms with Crippen LogP contribution in [0.15, 0.2) is 58.7 Å². The monoisotopic (exact) mass is 326 g/mol. The number of nitrogens with two attached hydrogens (primary N) is 1. The fourth-order valence-electron chi connectivity index (χ4n) is 2.24. The number of rotatable bonds is 2. The summed E-state index contributed by atoms with van der Waals surface area (Å²) in [6.07, 6.45) is 1.31. The van der Waals surface area contributed by atoms with Crippen LogP contribution in [0.1, 0.15) is 4.88 Å². The molecule has 0 aliphatic carbocycles. The van der Waals surface area contributed by atoms with Gasteiger partial charge in [0.15, 0.2) is 0 Å². The topological polar surface area (TPSA) is 71.6 Å². The van der Waals surface area contributed by atoms with Crippen LogP contribution < -0.4 is 10.7 Å². The zero-order valence-electron chi connectivity index (χ0n) is 11.3. The minimum absolute atomic E-state index is 0.245. The van der Waals surface area contributed by atoms with Crippen molar-refractivity contribution in [2.24, 2.45) is 10.8 Å². The van der Waals surface area contributed by atoms with Gasteiger partial charge in [-0.05, 0) is 23.6 Å². The number of benzene rings is 1. The lowest BCUT2D eigenvalue weighted by Gasteiger charge is -2.05. The predicted octanol–water partition coefficient (Wildman–Crippen LogP) is 2.95. The average molecular weight is 326 g/mol. The number of hydrazone groups is 1. The Morgan fingerprint density at radius 1 is 1.18 bits per heavy atom. The molecule has 0 unspecified atom stereocenters.